The summed E-state index contributed by atoms with van der Waals surface area (Å²) in [7, 11) is 0. The molecule has 0 aliphatic heterocycles. The van der Waals surface area contributed by atoms with E-state index in [0.717, 1.165) is 0 Å². The Hall–Kier alpha value is -0.830. The van der Waals surface area contributed by atoms with Gasteiger partial charge in [-0.2, -0.15) is 5.26 Å². The molecule has 1 aromatic rings. The van der Waals surface area contributed by atoms with Crippen LogP contribution in [0, 0.1) is 17.2 Å². The quantitative estimate of drug-likeness (QED) is 0.865. The lowest BCUT2D eigenvalue weighted by Crippen LogP contribution is -2.30. The minimum absolute atomic E-state index is 0.170. The topological polar surface area (TPSA) is 57.9 Å². The summed E-state index contributed by atoms with van der Waals surface area (Å²) in [5, 5.41) is 13.0. The molecule has 0 bridgehead atoms. The average molecular weight is 274 g/mol. The van der Waals surface area contributed by atoms with Gasteiger partial charge in [0.15, 0.2) is 10.3 Å². The maximum absolute atomic E-state index is 8.80. The number of halogens is 1. The second-order valence-corrected chi connectivity index (χ2v) is 5.26. The average Bonchev–Trinajstić information content (AvgIpc) is 2.64. The van der Waals surface area contributed by atoms with Crippen molar-refractivity contribution in [1.82, 2.24) is 4.98 Å². The molecule has 4 nitrogen and oxygen atoms in total. The molecular formula is C11H16ClN3OS. The number of thiazole rings is 1. The van der Waals surface area contributed by atoms with E-state index < -0.39 is 0 Å². The van der Waals surface area contributed by atoms with Crippen molar-refractivity contribution >= 4 is 28.1 Å². The van der Waals surface area contributed by atoms with Crippen molar-refractivity contribution < 1.29 is 4.74 Å². The first-order chi connectivity index (χ1) is 8.08. The molecular weight excluding hydrogens is 258 g/mol. The van der Waals surface area contributed by atoms with Gasteiger partial charge in [-0.3, -0.25) is 0 Å². The third-order valence-electron chi connectivity index (χ3n) is 2.30. The summed E-state index contributed by atoms with van der Waals surface area (Å²) in [4.78, 5) is 4.54. The van der Waals surface area contributed by atoms with Gasteiger partial charge in [-0.15, -0.1) is 0 Å². The summed E-state index contributed by atoms with van der Waals surface area (Å²) in [5.74, 6) is 0.412. The van der Waals surface area contributed by atoms with Crippen LogP contribution in [0.15, 0.2) is 0 Å². The molecule has 1 N–H and O–H groups in total. The first-order valence-electron chi connectivity index (χ1n) is 5.49. The summed E-state index contributed by atoms with van der Waals surface area (Å²) in [6, 6.07) is 2.18. The van der Waals surface area contributed by atoms with E-state index >= 15 is 0 Å². The molecule has 0 saturated carbocycles. The van der Waals surface area contributed by atoms with Gasteiger partial charge in [0.25, 0.3) is 0 Å². The number of anilines is 1. The minimum atomic E-state index is 0.170. The van der Waals surface area contributed by atoms with Crippen molar-refractivity contribution in [2.24, 2.45) is 5.92 Å². The van der Waals surface area contributed by atoms with E-state index in [1.165, 1.54) is 11.3 Å². The number of rotatable bonds is 6. The molecule has 0 spiro atoms. The zero-order valence-corrected chi connectivity index (χ0v) is 11.7. The predicted octanol–water partition coefficient (Wildman–Crippen LogP) is 3.14. The largest absolute Gasteiger partial charge is 0.380 e. The zero-order valence-electron chi connectivity index (χ0n) is 10.2. The summed E-state index contributed by atoms with van der Waals surface area (Å²) in [6.07, 6.45) is 0. The Labute approximate surface area is 111 Å². The molecule has 6 heteroatoms. The molecule has 0 aromatic carbocycles. The van der Waals surface area contributed by atoms with Crippen LogP contribution in [0.4, 0.5) is 5.13 Å². The third kappa shape index (κ3) is 4.15. The van der Waals surface area contributed by atoms with Gasteiger partial charge in [-0.05, 0) is 12.8 Å². The molecule has 1 aromatic heterocycles. The highest BCUT2D eigenvalue weighted by Gasteiger charge is 2.16. The van der Waals surface area contributed by atoms with E-state index in [9.17, 15) is 0 Å². The lowest BCUT2D eigenvalue weighted by Gasteiger charge is -2.21. The van der Waals surface area contributed by atoms with Gasteiger partial charge >= 0.3 is 0 Å². The van der Waals surface area contributed by atoms with E-state index in [-0.39, 0.29) is 11.2 Å². The van der Waals surface area contributed by atoms with Crippen LogP contribution in [-0.2, 0) is 4.74 Å². The Morgan fingerprint density at radius 2 is 2.29 bits per heavy atom. The van der Waals surface area contributed by atoms with Gasteiger partial charge in [0, 0.05) is 6.61 Å². The molecule has 1 unspecified atom stereocenters. The Morgan fingerprint density at radius 1 is 1.59 bits per heavy atom. The molecule has 1 atom stereocenters. The van der Waals surface area contributed by atoms with Crippen LogP contribution in [-0.4, -0.2) is 24.2 Å². The van der Waals surface area contributed by atoms with E-state index in [2.05, 4.69) is 24.1 Å². The van der Waals surface area contributed by atoms with E-state index in [4.69, 9.17) is 21.6 Å². The van der Waals surface area contributed by atoms with Crippen molar-refractivity contribution in [2.45, 2.75) is 26.8 Å². The second kappa shape index (κ2) is 6.80. The Kier molecular flexibility index (Phi) is 5.69. The molecule has 94 valence electrons. The minimum Gasteiger partial charge on any atom is -0.380 e. The number of nitrogens with one attached hydrogen (secondary N) is 1. The van der Waals surface area contributed by atoms with Gasteiger partial charge in [0.05, 0.1) is 12.6 Å². The summed E-state index contributed by atoms with van der Waals surface area (Å²) in [6.45, 7) is 7.49. The highest BCUT2D eigenvalue weighted by atomic mass is 35.5. The van der Waals surface area contributed by atoms with E-state index in [0.29, 0.717) is 29.1 Å². The Bertz CT molecular complexity index is 400. The molecule has 0 saturated heterocycles. The van der Waals surface area contributed by atoms with E-state index in [1.54, 1.807) is 0 Å². The van der Waals surface area contributed by atoms with Crippen LogP contribution in [0.25, 0.3) is 0 Å². The van der Waals surface area contributed by atoms with Crippen LogP contribution >= 0.6 is 22.9 Å². The van der Waals surface area contributed by atoms with Gasteiger partial charge in [0.2, 0.25) is 0 Å². The summed E-state index contributed by atoms with van der Waals surface area (Å²) >= 11 is 7.09. The lowest BCUT2D eigenvalue weighted by atomic mass is 10.1. The smallest absolute Gasteiger partial charge is 0.185 e. The third-order valence-corrected chi connectivity index (χ3v) is 3.58. The first kappa shape index (κ1) is 14.2. The molecule has 1 rings (SSSR count). The number of hydrogen-bond donors (Lipinski definition) is 1. The molecule has 0 fully saturated rings. The van der Waals surface area contributed by atoms with Gasteiger partial charge in [0.1, 0.15) is 10.9 Å². The van der Waals surface area contributed by atoms with Crippen molar-refractivity contribution in [1.29, 1.82) is 5.26 Å². The monoisotopic (exact) mass is 273 g/mol. The Morgan fingerprint density at radius 3 is 2.76 bits per heavy atom. The molecule has 0 radical (unpaired) electrons. The fourth-order valence-electron chi connectivity index (χ4n) is 1.24. The number of hydrogen-bond acceptors (Lipinski definition) is 5. The number of ether oxygens (including phenoxy) is 1. The number of nitrogens with zero attached hydrogens (tertiary/aromatic N) is 2. The molecule has 0 amide bonds. The molecule has 1 heterocycles. The first-order valence-corrected chi connectivity index (χ1v) is 6.68. The zero-order chi connectivity index (χ0) is 12.8. The molecule has 0 aliphatic carbocycles. The SMILES string of the molecule is CCOCC(Nc1nc(Cl)c(C#N)s1)C(C)C. The fraction of sp³-hybridized carbons (Fsp3) is 0.636. The number of aromatic nitrogens is 1. The van der Waals surface area contributed by atoms with Crippen molar-refractivity contribution in [3.8, 4) is 6.07 Å². The molecule has 0 aliphatic rings. The van der Waals surface area contributed by atoms with Gasteiger partial charge < -0.3 is 10.1 Å². The second-order valence-electron chi connectivity index (χ2n) is 3.91. The van der Waals surface area contributed by atoms with Crippen LogP contribution < -0.4 is 5.32 Å². The standard InChI is InChI=1S/C11H16ClN3OS/c1-4-16-6-8(7(2)3)14-11-15-10(12)9(5-13)17-11/h7-8H,4,6H2,1-3H3,(H,14,15). The van der Waals surface area contributed by atoms with Crippen LogP contribution in [0.5, 0.6) is 0 Å². The summed E-state index contributed by atoms with van der Waals surface area (Å²) < 4.78 is 5.41. The predicted molar refractivity (Wildman–Crippen MR) is 70.6 cm³/mol. The highest BCUT2D eigenvalue weighted by molar-refractivity contribution is 7.16. The normalized spacial score (nSPS) is 12.5. The highest BCUT2D eigenvalue weighted by Crippen LogP contribution is 2.27. The van der Waals surface area contributed by atoms with Crippen LogP contribution in [0.3, 0.4) is 0 Å². The Balaban J connectivity index is 2.69. The van der Waals surface area contributed by atoms with Crippen molar-refractivity contribution in [3.63, 3.8) is 0 Å². The van der Waals surface area contributed by atoms with Gasteiger partial charge in [-0.25, -0.2) is 4.98 Å². The lowest BCUT2D eigenvalue weighted by molar-refractivity contribution is 0.127. The van der Waals surface area contributed by atoms with Crippen molar-refractivity contribution in [2.75, 3.05) is 18.5 Å². The van der Waals surface area contributed by atoms with Crippen LogP contribution in [0.2, 0.25) is 5.15 Å². The maximum Gasteiger partial charge on any atom is 0.185 e. The van der Waals surface area contributed by atoms with Crippen LogP contribution in [0.1, 0.15) is 25.6 Å². The number of nitriles is 1. The summed E-state index contributed by atoms with van der Waals surface area (Å²) in [5.41, 5.74) is 0. The van der Waals surface area contributed by atoms with E-state index in [1.807, 2.05) is 13.0 Å². The van der Waals surface area contributed by atoms with Gasteiger partial charge in [-0.1, -0.05) is 36.8 Å². The molecule has 17 heavy (non-hydrogen) atoms. The maximum atomic E-state index is 8.80. The van der Waals surface area contributed by atoms with Crippen molar-refractivity contribution in [3.05, 3.63) is 10.0 Å². The fourth-order valence-corrected chi connectivity index (χ4v) is 2.25.